The van der Waals surface area contributed by atoms with Crippen LogP contribution in [0, 0.1) is 5.92 Å². The molecule has 2 heterocycles. The van der Waals surface area contributed by atoms with E-state index in [0.717, 1.165) is 4.90 Å². The predicted octanol–water partition coefficient (Wildman–Crippen LogP) is -7.08. The summed E-state index contributed by atoms with van der Waals surface area (Å²) in [6.07, 6.45) is -0.0998. The number of primary amides is 1. The Morgan fingerprint density at radius 2 is 0.942 bits per heavy atom. The van der Waals surface area contributed by atoms with Crippen LogP contribution in [0.1, 0.15) is 135 Å². The third kappa shape index (κ3) is 31.4. The van der Waals surface area contributed by atoms with E-state index >= 15 is 0 Å². The molecule has 2 aliphatic heterocycles. The summed E-state index contributed by atoms with van der Waals surface area (Å²) in [4.78, 5) is 238. The first-order chi connectivity index (χ1) is 49.3. The van der Waals surface area contributed by atoms with Gasteiger partial charge < -0.3 is 112 Å². The Labute approximate surface area is 600 Å². The number of benzene rings is 1. The smallest absolute Gasteiger partial charge is 0.326 e. The second-order valence-electron chi connectivity index (χ2n) is 25.2. The van der Waals surface area contributed by atoms with Crippen LogP contribution >= 0.6 is 0 Å². The fourth-order valence-electron chi connectivity index (χ4n) is 11.2. The van der Waals surface area contributed by atoms with Gasteiger partial charge in [-0.3, -0.25) is 81.5 Å². The van der Waals surface area contributed by atoms with Crippen LogP contribution in [0.2, 0.25) is 0 Å². The lowest BCUT2D eigenvalue weighted by atomic mass is 9.98. The Morgan fingerprint density at radius 3 is 1.49 bits per heavy atom. The summed E-state index contributed by atoms with van der Waals surface area (Å²) < 4.78 is 0. The topological polar surface area (TPSA) is 623 Å². The average Bonchev–Trinajstić information content (AvgIpc) is 1.69. The van der Waals surface area contributed by atoms with Crippen LogP contribution in [-0.4, -0.2) is 251 Å². The van der Waals surface area contributed by atoms with Crippen molar-refractivity contribution in [3.8, 4) is 0 Å². The van der Waals surface area contributed by atoms with Crippen molar-refractivity contribution >= 4 is 107 Å². The molecule has 2 fully saturated rings. The van der Waals surface area contributed by atoms with Crippen LogP contribution in [0.5, 0.6) is 0 Å². The number of carboxylic acid groups (broad SMARTS) is 3. The predicted molar refractivity (Wildman–Crippen MR) is 367 cm³/mol. The number of likely N-dealkylation sites (tertiary alicyclic amines) is 2. The third-order valence-corrected chi connectivity index (χ3v) is 17.1. The summed E-state index contributed by atoms with van der Waals surface area (Å²) in [6.45, 7) is 1.83. The molecule has 1 aromatic carbocycles. The fourth-order valence-corrected chi connectivity index (χ4v) is 11.2. The van der Waals surface area contributed by atoms with E-state index in [9.17, 15) is 102 Å². The molecule has 23 N–H and O–H groups in total. The number of unbranched alkanes of at least 4 members (excludes halogenated alkanes) is 2. The lowest BCUT2D eigenvalue weighted by molar-refractivity contribution is -0.144. The van der Waals surface area contributed by atoms with Crippen LogP contribution in [0.4, 0.5) is 0 Å². The molecule has 578 valence electrons. The van der Waals surface area contributed by atoms with Crippen molar-refractivity contribution in [3.63, 3.8) is 0 Å². The van der Waals surface area contributed by atoms with E-state index in [1.807, 2.05) is 0 Å². The molecule has 1 aromatic rings. The average molecular weight is 1470 g/mol. The van der Waals surface area contributed by atoms with Crippen LogP contribution in [0.15, 0.2) is 30.3 Å². The summed E-state index contributed by atoms with van der Waals surface area (Å²) in [5.41, 5.74) is 22.5. The SMILES string of the molecule is CCC(C)C(NC(=O)CNC(=O)C1CCCN1C(=O)C(CCC(=O)O)NC(=O)CN)C(=O)NC(C)C(=O)NCC(=O)NC(Cc1ccccc1)C(=O)NC(CCCCN)C(=O)NCC(=O)NC(CCC(=O)O)C(=O)NC(CCC(N)=O)C(=O)NCC(=O)N1CCCC1C(=O)NC(CCCCN)C(=O)O. The highest BCUT2D eigenvalue weighted by Gasteiger charge is 2.40. The molecule has 0 aliphatic carbocycles. The number of carboxylic acids is 3. The molecule has 0 saturated carbocycles. The summed E-state index contributed by atoms with van der Waals surface area (Å²) in [7, 11) is 0. The summed E-state index contributed by atoms with van der Waals surface area (Å²) in [6, 6.07) is -5.13. The number of aliphatic carboxylic acids is 3. The number of amides is 15. The molecule has 11 unspecified atom stereocenters. The van der Waals surface area contributed by atoms with E-state index in [4.69, 9.17) is 22.9 Å². The Balaban J connectivity index is 1.68. The zero-order chi connectivity index (χ0) is 77.6. The Morgan fingerprint density at radius 1 is 0.471 bits per heavy atom. The number of carbonyl (C=O) groups is 18. The minimum Gasteiger partial charge on any atom is -0.481 e. The van der Waals surface area contributed by atoms with Crippen molar-refractivity contribution in [2.45, 2.75) is 197 Å². The highest BCUT2D eigenvalue weighted by molar-refractivity contribution is 5.99. The van der Waals surface area contributed by atoms with E-state index in [1.165, 1.54) is 11.8 Å². The van der Waals surface area contributed by atoms with Crippen LogP contribution in [0.3, 0.4) is 0 Å². The van der Waals surface area contributed by atoms with Gasteiger partial charge in [0.15, 0.2) is 0 Å². The van der Waals surface area contributed by atoms with Gasteiger partial charge in [-0.15, -0.1) is 0 Å². The lowest BCUT2D eigenvalue weighted by Crippen LogP contribution is -2.58. The van der Waals surface area contributed by atoms with E-state index in [1.54, 1.807) is 44.2 Å². The molecule has 39 heteroatoms. The van der Waals surface area contributed by atoms with Crippen molar-refractivity contribution in [2.24, 2.45) is 28.9 Å². The number of nitrogens with one attached hydrogen (secondary N) is 12. The van der Waals surface area contributed by atoms with Crippen molar-refractivity contribution < 1.29 is 102 Å². The first kappa shape index (κ1) is 87.8. The van der Waals surface area contributed by atoms with Gasteiger partial charge in [-0.2, -0.15) is 0 Å². The maximum absolute atomic E-state index is 14.2. The minimum absolute atomic E-state index is 0.0651. The van der Waals surface area contributed by atoms with Gasteiger partial charge in [-0.05, 0) is 115 Å². The zero-order valence-electron chi connectivity index (χ0n) is 58.7. The van der Waals surface area contributed by atoms with E-state index in [-0.39, 0.29) is 64.6 Å². The Hall–Kier alpha value is -10.4. The van der Waals surface area contributed by atoms with Crippen molar-refractivity contribution in [2.75, 3.05) is 58.9 Å². The summed E-state index contributed by atoms with van der Waals surface area (Å²) >= 11 is 0. The second-order valence-corrected chi connectivity index (χ2v) is 25.2. The van der Waals surface area contributed by atoms with Crippen LogP contribution in [0.25, 0.3) is 0 Å². The highest BCUT2D eigenvalue weighted by atomic mass is 16.4. The fraction of sp³-hybridized carbons (Fsp3) is 0.631. The first-order valence-electron chi connectivity index (χ1n) is 34.5. The molecule has 39 nitrogen and oxygen atoms in total. The quantitative estimate of drug-likeness (QED) is 0.0270. The number of hydrogen-bond donors (Lipinski definition) is 19. The molecule has 11 atom stereocenters. The van der Waals surface area contributed by atoms with E-state index in [0.29, 0.717) is 50.6 Å². The van der Waals surface area contributed by atoms with E-state index in [2.05, 4.69) is 63.8 Å². The molecular weight excluding hydrogens is 1370 g/mol. The number of nitrogens with two attached hydrogens (primary N) is 4. The molecule has 0 aromatic heterocycles. The standard InChI is InChI=1S/C65H102N18O21/c1-4-36(2)55(81-51(88)34-72-61(99)45-18-13-29-83(45)64(102)42(22-25-54(92)93)76-48(85)31-68)63(101)74-37(3)56(94)70-32-50(87)77-44(30-38-14-6-5-7-15-38)60(98)78-39(16-8-10-26-66)57(95)71-33-49(86)75-41(21-24-53(90)91)59(97)79-40(20-23-47(69)84)58(96)73-35-52(89)82-28-12-19-46(82)62(100)80-43(65(103)104)17-9-11-27-67/h5-7,14-15,36-37,39-46,55H,4,8-13,16-35,66-68H2,1-3H3,(H2,69,84)(H,70,94)(H,71,95)(H,72,99)(H,73,96)(H,74,101)(H,75,86)(H,76,85)(H,77,87)(H,78,98)(H,79,97)(H,80,100)(H,81,88)(H,90,91)(H,92,93)(H,103,104). The van der Waals surface area contributed by atoms with Gasteiger partial charge in [0.2, 0.25) is 88.6 Å². The molecule has 0 bridgehead atoms. The molecule has 2 aliphatic rings. The molecule has 0 radical (unpaired) electrons. The Bertz CT molecular complexity index is 3180. The molecule has 3 rings (SSSR count). The van der Waals surface area contributed by atoms with Crippen molar-refractivity contribution in [1.29, 1.82) is 0 Å². The summed E-state index contributed by atoms with van der Waals surface area (Å²) in [5, 5.41) is 57.6. The van der Waals surface area contributed by atoms with Crippen molar-refractivity contribution in [3.05, 3.63) is 35.9 Å². The molecule has 104 heavy (non-hydrogen) atoms. The number of rotatable bonds is 48. The molecular formula is C65H102N18O21. The van der Waals surface area contributed by atoms with Crippen LogP contribution in [-0.2, 0) is 92.7 Å². The Kier molecular flexibility index (Phi) is 39.0. The highest BCUT2D eigenvalue weighted by Crippen LogP contribution is 2.21. The zero-order valence-corrected chi connectivity index (χ0v) is 58.7. The number of nitrogens with zero attached hydrogens (tertiary/aromatic N) is 2. The van der Waals surface area contributed by atoms with Gasteiger partial charge in [-0.25, -0.2) is 4.79 Å². The molecule has 0 spiro atoms. The lowest BCUT2D eigenvalue weighted by Gasteiger charge is -2.29. The molecule has 2 saturated heterocycles. The maximum atomic E-state index is 14.2. The second kappa shape index (κ2) is 46.2. The van der Waals surface area contributed by atoms with Gasteiger partial charge in [0.25, 0.3) is 0 Å². The third-order valence-electron chi connectivity index (χ3n) is 17.1. The van der Waals surface area contributed by atoms with Gasteiger partial charge in [0.1, 0.15) is 60.4 Å². The normalized spacial score (nSPS) is 16.4. The monoisotopic (exact) mass is 1470 g/mol. The number of hydrogen-bond acceptors (Lipinski definition) is 21. The minimum atomic E-state index is -1.71. The molecule has 15 amide bonds. The van der Waals surface area contributed by atoms with Gasteiger partial charge in [0, 0.05) is 38.8 Å². The van der Waals surface area contributed by atoms with Gasteiger partial charge in [-0.1, -0.05) is 50.6 Å². The van der Waals surface area contributed by atoms with E-state index < -0.39 is 238 Å². The van der Waals surface area contributed by atoms with Gasteiger partial charge >= 0.3 is 17.9 Å². The van der Waals surface area contributed by atoms with Gasteiger partial charge in [0.05, 0.1) is 32.7 Å². The van der Waals surface area contributed by atoms with Crippen molar-refractivity contribution in [1.82, 2.24) is 73.6 Å². The maximum Gasteiger partial charge on any atom is 0.326 e. The largest absolute Gasteiger partial charge is 0.481 e. The van der Waals surface area contributed by atoms with Crippen LogP contribution < -0.4 is 86.7 Å². The first-order valence-corrected chi connectivity index (χ1v) is 34.5. The summed E-state index contributed by atoms with van der Waals surface area (Å²) in [5.74, 6) is -17.5. The number of carbonyl (C=O) groups excluding carboxylic acids is 15.